The van der Waals surface area contributed by atoms with Gasteiger partial charge in [0.2, 0.25) is 11.8 Å². The molecule has 2 amide bonds. The standard InChI is InChI=1S/C38H45N3O5S/c1-6-30(5)39-38(43)35(25-31-13-9-8-10-14-31)40(26-32-21-17-28(3)18-22-32)37(42)27-41(34-15-11-12-16-36(34)46-7-2)47(44,45)33-23-19-29(4)20-24-33/h8-24,30,35H,6-7,25-27H2,1-5H3,(H,39,43)/t30-,35-/m1/s1. The summed E-state index contributed by atoms with van der Waals surface area (Å²) in [6.45, 7) is 9.44. The predicted molar refractivity (Wildman–Crippen MR) is 187 cm³/mol. The molecule has 47 heavy (non-hydrogen) atoms. The van der Waals surface area contributed by atoms with E-state index < -0.39 is 28.5 Å². The number of para-hydroxylation sites is 2. The fourth-order valence-corrected chi connectivity index (χ4v) is 6.60. The molecule has 0 heterocycles. The van der Waals surface area contributed by atoms with E-state index in [1.54, 1.807) is 36.4 Å². The number of anilines is 1. The van der Waals surface area contributed by atoms with Crippen LogP contribution in [0.25, 0.3) is 0 Å². The van der Waals surface area contributed by atoms with Crippen LogP contribution in [0, 0.1) is 13.8 Å². The van der Waals surface area contributed by atoms with Gasteiger partial charge >= 0.3 is 0 Å². The summed E-state index contributed by atoms with van der Waals surface area (Å²) in [6, 6.07) is 29.6. The number of aryl methyl sites for hydroxylation is 2. The van der Waals surface area contributed by atoms with Gasteiger partial charge in [-0.2, -0.15) is 0 Å². The van der Waals surface area contributed by atoms with Crippen LogP contribution in [-0.4, -0.2) is 50.4 Å². The van der Waals surface area contributed by atoms with Gasteiger partial charge in [-0.05, 0) is 69.5 Å². The van der Waals surface area contributed by atoms with Crippen molar-refractivity contribution in [1.29, 1.82) is 0 Å². The summed E-state index contributed by atoms with van der Waals surface area (Å²) in [5.41, 5.74) is 3.90. The molecule has 8 nitrogen and oxygen atoms in total. The van der Waals surface area contributed by atoms with E-state index in [4.69, 9.17) is 4.74 Å². The third kappa shape index (κ3) is 9.23. The first-order valence-corrected chi connectivity index (χ1v) is 17.5. The van der Waals surface area contributed by atoms with Crippen molar-refractivity contribution in [3.8, 4) is 5.75 Å². The molecule has 0 radical (unpaired) electrons. The normalized spacial score (nSPS) is 12.5. The summed E-state index contributed by atoms with van der Waals surface area (Å²) in [6.07, 6.45) is 0.966. The van der Waals surface area contributed by atoms with Gasteiger partial charge in [0, 0.05) is 19.0 Å². The van der Waals surface area contributed by atoms with Crippen molar-refractivity contribution < 1.29 is 22.7 Å². The molecule has 0 unspecified atom stereocenters. The van der Waals surface area contributed by atoms with Gasteiger partial charge in [-0.25, -0.2) is 8.42 Å². The monoisotopic (exact) mass is 655 g/mol. The fourth-order valence-electron chi connectivity index (χ4n) is 5.18. The molecule has 0 saturated carbocycles. The minimum atomic E-state index is -4.24. The lowest BCUT2D eigenvalue weighted by atomic mass is 10.0. The predicted octanol–water partition coefficient (Wildman–Crippen LogP) is 6.45. The second-order valence-corrected chi connectivity index (χ2v) is 13.6. The Balaban J connectivity index is 1.84. The van der Waals surface area contributed by atoms with Crippen LogP contribution in [0.1, 0.15) is 49.4 Å². The molecule has 9 heteroatoms. The molecule has 0 aliphatic heterocycles. The highest BCUT2D eigenvalue weighted by molar-refractivity contribution is 7.92. The number of carbonyl (C=O) groups is 2. The van der Waals surface area contributed by atoms with Crippen LogP contribution >= 0.6 is 0 Å². The van der Waals surface area contributed by atoms with Gasteiger partial charge in [0.15, 0.2) is 0 Å². The van der Waals surface area contributed by atoms with Crippen molar-refractivity contribution in [1.82, 2.24) is 10.2 Å². The van der Waals surface area contributed by atoms with Crippen molar-refractivity contribution in [3.05, 3.63) is 125 Å². The highest BCUT2D eigenvalue weighted by atomic mass is 32.2. The largest absolute Gasteiger partial charge is 0.492 e. The maximum Gasteiger partial charge on any atom is 0.264 e. The Bertz CT molecular complexity index is 1730. The van der Waals surface area contributed by atoms with E-state index in [-0.39, 0.29) is 35.5 Å². The summed E-state index contributed by atoms with van der Waals surface area (Å²) in [5.74, 6) is -0.488. The number of amides is 2. The molecular weight excluding hydrogens is 611 g/mol. The van der Waals surface area contributed by atoms with Crippen LogP contribution in [-0.2, 0) is 32.6 Å². The van der Waals surface area contributed by atoms with E-state index in [1.165, 1.54) is 17.0 Å². The highest BCUT2D eigenvalue weighted by Gasteiger charge is 2.35. The van der Waals surface area contributed by atoms with E-state index in [0.717, 1.165) is 26.6 Å². The fraction of sp³-hybridized carbons (Fsp3) is 0.316. The molecule has 0 saturated heterocycles. The first-order valence-electron chi connectivity index (χ1n) is 16.0. The third-order valence-electron chi connectivity index (χ3n) is 8.07. The maximum atomic E-state index is 14.7. The van der Waals surface area contributed by atoms with Crippen LogP contribution in [0.2, 0.25) is 0 Å². The third-order valence-corrected chi connectivity index (χ3v) is 9.84. The second kappa shape index (κ2) is 16.3. The topological polar surface area (TPSA) is 96.0 Å². The number of hydrogen-bond donors (Lipinski definition) is 1. The molecule has 2 atom stereocenters. The van der Waals surface area contributed by atoms with Gasteiger partial charge in [0.1, 0.15) is 18.3 Å². The Morgan fingerprint density at radius 1 is 0.787 bits per heavy atom. The number of ether oxygens (including phenoxy) is 1. The van der Waals surface area contributed by atoms with Crippen molar-refractivity contribution in [2.75, 3.05) is 17.5 Å². The molecule has 0 aliphatic rings. The van der Waals surface area contributed by atoms with Crippen molar-refractivity contribution in [3.63, 3.8) is 0 Å². The van der Waals surface area contributed by atoms with E-state index in [2.05, 4.69) is 5.32 Å². The summed E-state index contributed by atoms with van der Waals surface area (Å²) in [7, 11) is -4.24. The van der Waals surface area contributed by atoms with Gasteiger partial charge < -0.3 is 15.0 Å². The summed E-state index contributed by atoms with van der Waals surface area (Å²) >= 11 is 0. The maximum absolute atomic E-state index is 14.7. The van der Waals surface area contributed by atoms with Gasteiger partial charge in [-0.15, -0.1) is 0 Å². The first-order chi connectivity index (χ1) is 22.5. The van der Waals surface area contributed by atoms with Gasteiger partial charge in [0.25, 0.3) is 10.0 Å². The number of benzene rings is 4. The van der Waals surface area contributed by atoms with E-state index in [0.29, 0.717) is 18.8 Å². The quantitative estimate of drug-likeness (QED) is 0.159. The van der Waals surface area contributed by atoms with Gasteiger partial charge in [-0.1, -0.05) is 96.9 Å². The minimum Gasteiger partial charge on any atom is -0.492 e. The van der Waals surface area contributed by atoms with E-state index in [1.807, 2.05) is 89.2 Å². The number of hydrogen-bond acceptors (Lipinski definition) is 5. The molecule has 0 aliphatic carbocycles. The average Bonchev–Trinajstić information content (AvgIpc) is 3.07. The number of nitrogens with zero attached hydrogens (tertiary/aromatic N) is 2. The summed E-state index contributed by atoms with van der Waals surface area (Å²) < 4.78 is 35.6. The SMILES string of the molecule is CCOc1ccccc1N(CC(=O)N(Cc1ccc(C)cc1)[C@H](Cc1ccccc1)C(=O)N[C@H](C)CC)S(=O)(=O)c1ccc(C)cc1. The number of nitrogens with one attached hydrogen (secondary N) is 1. The van der Waals surface area contributed by atoms with Crippen LogP contribution < -0.4 is 14.4 Å². The second-order valence-electron chi connectivity index (χ2n) is 11.8. The Kier molecular flexibility index (Phi) is 12.2. The molecule has 248 valence electrons. The lowest BCUT2D eigenvalue weighted by Gasteiger charge is -2.34. The molecule has 0 bridgehead atoms. The molecule has 0 spiro atoms. The minimum absolute atomic E-state index is 0.0441. The van der Waals surface area contributed by atoms with Crippen LogP contribution in [0.3, 0.4) is 0 Å². The van der Waals surface area contributed by atoms with Gasteiger partial charge in [0.05, 0.1) is 17.2 Å². The number of sulfonamides is 1. The molecule has 0 aromatic heterocycles. The molecular formula is C38H45N3O5S. The van der Waals surface area contributed by atoms with E-state index in [9.17, 15) is 18.0 Å². The Hall–Kier alpha value is -4.63. The zero-order valence-corrected chi connectivity index (χ0v) is 28.7. The van der Waals surface area contributed by atoms with E-state index >= 15 is 0 Å². The molecule has 0 fully saturated rings. The average molecular weight is 656 g/mol. The Labute approximate surface area is 279 Å². The zero-order valence-electron chi connectivity index (χ0n) is 27.8. The lowest BCUT2D eigenvalue weighted by Crippen LogP contribution is -2.54. The zero-order chi connectivity index (χ0) is 34.0. The highest BCUT2D eigenvalue weighted by Crippen LogP contribution is 2.33. The first kappa shape index (κ1) is 35.2. The van der Waals surface area contributed by atoms with Gasteiger partial charge in [-0.3, -0.25) is 13.9 Å². The Morgan fingerprint density at radius 2 is 1.38 bits per heavy atom. The lowest BCUT2D eigenvalue weighted by molar-refractivity contribution is -0.140. The smallest absolute Gasteiger partial charge is 0.264 e. The van der Waals surface area contributed by atoms with Crippen LogP contribution in [0.5, 0.6) is 5.75 Å². The summed E-state index contributed by atoms with van der Waals surface area (Å²) in [4.78, 5) is 30.2. The molecule has 4 rings (SSSR count). The molecule has 4 aromatic rings. The molecule has 4 aromatic carbocycles. The number of rotatable bonds is 15. The van der Waals surface area contributed by atoms with Crippen LogP contribution in [0.4, 0.5) is 5.69 Å². The van der Waals surface area contributed by atoms with Crippen molar-refractivity contribution >= 4 is 27.5 Å². The number of carbonyl (C=O) groups excluding carboxylic acids is 2. The Morgan fingerprint density at radius 3 is 2.00 bits per heavy atom. The summed E-state index contributed by atoms with van der Waals surface area (Å²) in [5, 5.41) is 3.07. The van der Waals surface area contributed by atoms with Crippen molar-refractivity contribution in [2.45, 2.75) is 71.0 Å². The molecule has 1 N–H and O–H groups in total. The van der Waals surface area contributed by atoms with Crippen molar-refractivity contribution in [2.24, 2.45) is 0 Å². The van der Waals surface area contributed by atoms with Crippen LogP contribution in [0.15, 0.2) is 108 Å².